The third-order valence-electron chi connectivity index (χ3n) is 2.70. The third kappa shape index (κ3) is 3.20. The first-order chi connectivity index (χ1) is 8.69. The lowest BCUT2D eigenvalue weighted by atomic mass is 10.2. The SMILES string of the molecule is CCN(Cc1cc(Cl)ccn1)c1ccc(F)cc1. The van der Waals surface area contributed by atoms with E-state index in [-0.39, 0.29) is 5.82 Å². The summed E-state index contributed by atoms with van der Waals surface area (Å²) in [5.41, 5.74) is 1.87. The molecule has 4 heteroatoms. The smallest absolute Gasteiger partial charge is 0.123 e. The topological polar surface area (TPSA) is 16.1 Å². The lowest BCUT2D eigenvalue weighted by Crippen LogP contribution is -2.22. The molecule has 0 spiro atoms. The van der Waals surface area contributed by atoms with Crippen LogP contribution in [-0.4, -0.2) is 11.5 Å². The first-order valence-corrected chi connectivity index (χ1v) is 6.18. The fourth-order valence-electron chi connectivity index (χ4n) is 1.77. The predicted molar refractivity (Wildman–Crippen MR) is 72.4 cm³/mol. The van der Waals surface area contributed by atoms with Gasteiger partial charge in [0.2, 0.25) is 0 Å². The fourth-order valence-corrected chi connectivity index (χ4v) is 1.95. The molecule has 0 bridgehead atoms. The molecule has 0 atom stereocenters. The van der Waals surface area contributed by atoms with Gasteiger partial charge in [-0.2, -0.15) is 0 Å². The average Bonchev–Trinajstić information content (AvgIpc) is 2.37. The van der Waals surface area contributed by atoms with Gasteiger partial charge < -0.3 is 4.90 Å². The Morgan fingerprint density at radius 1 is 1.22 bits per heavy atom. The molecule has 18 heavy (non-hydrogen) atoms. The normalized spacial score (nSPS) is 10.4. The van der Waals surface area contributed by atoms with E-state index in [1.165, 1.54) is 12.1 Å². The van der Waals surface area contributed by atoms with Crippen molar-refractivity contribution in [3.8, 4) is 0 Å². The molecule has 0 fully saturated rings. The summed E-state index contributed by atoms with van der Waals surface area (Å²) in [6.07, 6.45) is 1.69. The van der Waals surface area contributed by atoms with Crippen LogP contribution in [0.25, 0.3) is 0 Å². The Balaban J connectivity index is 2.17. The lowest BCUT2D eigenvalue weighted by Gasteiger charge is -2.22. The molecule has 0 N–H and O–H groups in total. The van der Waals surface area contributed by atoms with Gasteiger partial charge in [-0.15, -0.1) is 0 Å². The minimum atomic E-state index is -0.226. The average molecular weight is 265 g/mol. The van der Waals surface area contributed by atoms with Gasteiger partial charge in [0, 0.05) is 23.5 Å². The minimum absolute atomic E-state index is 0.226. The molecule has 1 aromatic carbocycles. The molecular formula is C14H14ClFN2. The monoisotopic (exact) mass is 264 g/mol. The molecule has 1 heterocycles. The van der Waals surface area contributed by atoms with Crippen molar-refractivity contribution < 1.29 is 4.39 Å². The highest BCUT2D eigenvalue weighted by Crippen LogP contribution is 2.18. The number of benzene rings is 1. The summed E-state index contributed by atoms with van der Waals surface area (Å²) in [6.45, 7) is 3.52. The number of pyridine rings is 1. The summed E-state index contributed by atoms with van der Waals surface area (Å²) in [5.74, 6) is -0.226. The summed E-state index contributed by atoms with van der Waals surface area (Å²) in [7, 11) is 0. The van der Waals surface area contributed by atoms with E-state index in [1.807, 2.05) is 13.0 Å². The molecule has 0 saturated carbocycles. The Hall–Kier alpha value is -1.61. The molecule has 0 saturated heterocycles. The number of halogens is 2. The van der Waals surface area contributed by atoms with E-state index in [2.05, 4.69) is 9.88 Å². The van der Waals surface area contributed by atoms with Gasteiger partial charge in [0.25, 0.3) is 0 Å². The zero-order chi connectivity index (χ0) is 13.0. The van der Waals surface area contributed by atoms with Crippen LogP contribution < -0.4 is 4.90 Å². The van der Waals surface area contributed by atoms with Crippen molar-refractivity contribution in [2.45, 2.75) is 13.5 Å². The van der Waals surface area contributed by atoms with Crippen molar-refractivity contribution in [2.24, 2.45) is 0 Å². The van der Waals surface area contributed by atoms with Crippen LogP contribution in [0.1, 0.15) is 12.6 Å². The molecule has 2 aromatic rings. The summed E-state index contributed by atoms with van der Waals surface area (Å²) in [4.78, 5) is 6.38. The second-order valence-corrected chi connectivity index (χ2v) is 4.39. The number of aromatic nitrogens is 1. The lowest BCUT2D eigenvalue weighted by molar-refractivity contribution is 0.627. The van der Waals surface area contributed by atoms with E-state index in [9.17, 15) is 4.39 Å². The van der Waals surface area contributed by atoms with Crippen LogP contribution in [0.5, 0.6) is 0 Å². The minimum Gasteiger partial charge on any atom is -0.366 e. The fraction of sp³-hybridized carbons (Fsp3) is 0.214. The number of rotatable bonds is 4. The number of hydrogen-bond acceptors (Lipinski definition) is 2. The van der Waals surface area contributed by atoms with Crippen molar-refractivity contribution >= 4 is 17.3 Å². The molecular weight excluding hydrogens is 251 g/mol. The molecule has 0 aliphatic rings. The molecule has 2 nitrogen and oxygen atoms in total. The Bertz CT molecular complexity index is 513. The van der Waals surface area contributed by atoms with E-state index < -0.39 is 0 Å². The molecule has 0 aliphatic carbocycles. The number of anilines is 1. The molecule has 0 radical (unpaired) electrons. The van der Waals surface area contributed by atoms with E-state index in [0.717, 1.165) is 17.9 Å². The second kappa shape index (κ2) is 5.83. The van der Waals surface area contributed by atoms with Gasteiger partial charge in [-0.1, -0.05) is 11.6 Å². The van der Waals surface area contributed by atoms with E-state index >= 15 is 0 Å². The van der Waals surface area contributed by atoms with E-state index in [1.54, 1.807) is 24.4 Å². The van der Waals surface area contributed by atoms with Gasteiger partial charge >= 0.3 is 0 Å². The van der Waals surface area contributed by atoms with Gasteiger partial charge in [0.15, 0.2) is 0 Å². The molecule has 0 unspecified atom stereocenters. The van der Waals surface area contributed by atoms with Gasteiger partial charge in [0.05, 0.1) is 12.2 Å². The van der Waals surface area contributed by atoms with Gasteiger partial charge in [0.1, 0.15) is 5.82 Å². The van der Waals surface area contributed by atoms with Crippen LogP contribution in [0.2, 0.25) is 5.02 Å². The summed E-state index contributed by atoms with van der Waals surface area (Å²) in [6, 6.07) is 10.0. The highest BCUT2D eigenvalue weighted by molar-refractivity contribution is 6.30. The highest BCUT2D eigenvalue weighted by atomic mass is 35.5. The zero-order valence-corrected chi connectivity index (χ0v) is 10.9. The van der Waals surface area contributed by atoms with Crippen LogP contribution in [0.15, 0.2) is 42.6 Å². The maximum atomic E-state index is 12.9. The van der Waals surface area contributed by atoms with Crippen LogP contribution in [0.4, 0.5) is 10.1 Å². The Morgan fingerprint density at radius 2 is 1.94 bits per heavy atom. The first-order valence-electron chi connectivity index (χ1n) is 5.80. The summed E-state index contributed by atoms with van der Waals surface area (Å²) < 4.78 is 12.9. The Labute approximate surface area is 111 Å². The largest absolute Gasteiger partial charge is 0.366 e. The maximum Gasteiger partial charge on any atom is 0.123 e. The van der Waals surface area contributed by atoms with Crippen LogP contribution in [0.3, 0.4) is 0 Å². The van der Waals surface area contributed by atoms with Gasteiger partial charge in [-0.3, -0.25) is 4.98 Å². The van der Waals surface area contributed by atoms with Crippen LogP contribution in [-0.2, 0) is 6.54 Å². The van der Waals surface area contributed by atoms with Crippen molar-refractivity contribution in [1.82, 2.24) is 4.98 Å². The standard InChI is InChI=1S/C14H14ClFN2/c1-2-18(14-5-3-12(16)4-6-14)10-13-9-11(15)7-8-17-13/h3-9H,2,10H2,1H3. The van der Waals surface area contributed by atoms with Crippen molar-refractivity contribution in [2.75, 3.05) is 11.4 Å². The van der Waals surface area contributed by atoms with Crippen LogP contribution >= 0.6 is 11.6 Å². The predicted octanol–water partition coefficient (Wildman–Crippen LogP) is 3.90. The number of hydrogen-bond donors (Lipinski definition) is 0. The summed E-state index contributed by atoms with van der Waals surface area (Å²) >= 11 is 5.93. The molecule has 2 rings (SSSR count). The molecule has 0 amide bonds. The Kier molecular flexibility index (Phi) is 4.15. The van der Waals surface area contributed by atoms with Gasteiger partial charge in [-0.25, -0.2) is 4.39 Å². The summed E-state index contributed by atoms with van der Waals surface area (Å²) in [5, 5.41) is 0.676. The molecule has 0 aliphatic heterocycles. The van der Waals surface area contributed by atoms with Crippen molar-refractivity contribution in [3.05, 3.63) is 59.1 Å². The zero-order valence-electron chi connectivity index (χ0n) is 10.1. The molecule has 94 valence electrons. The van der Waals surface area contributed by atoms with E-state index in [0.29, 0.717) is 11.6 Å². The van der Waals surface area contributed by atoms with Crippen molar-refractivity contribution in [1.29, 1.82) is 0 Å². The van der Waals surface area contributed by atoms with E-state index in [4.69, 9.17) is 11.6 Å². The Morgan fingerprint density at radius 3 is 2.56 bits per heavy atom. The van der Waals surface area contributed by atoms with Crippen molar-refractivity contribution in [3.63, 3.8) is 0 Å². The third-order valence-corrected chi connectivity index (χ3v) is 2.94. The first kappa shape index (κ1) is 12.8. The number of nitrogens with zero attached hydrogens (tertiary/aromatic N) is 2. The quantitative estimate of drug-likeness (QED) is 0.833. The van der Waals surface area contributed by atoms with Gasteiger partial charge in [-0.05, 0) is 43.3 Å². The second-order valence-electron chi connectivity index (χ2n) is 3.96. The highest BCUT2D eigenvalue weighted by Gasteiger charge is 2.06. The maximum absolute atomic E-state index is 12.9. The van der Waals surface area contributed by atoms with Crippen LogP contribution in [0, 0.1) is 5.82 Å². The molecule has 1 aromatic heterocycles.